The Morgan fingerprint density at radius 2 is 1.72 bits per heavy atom. The maximum atomic E-state index is 13.6. The summed E-state index contributed by atoms with van der Waals surface area (Å²) in [5.74, 6) is -0.186. The molecule has 0 bridgehead atoms. The SMILES string of the molecule is Cc1cc(F)ccc1Cc1nc2ccccc2c2c1CCN2c1ccccc1C. The van der Waals surface area contributed by atoms with Gasteiger partial charge in [0.05, 0.1) is 16.9 Å². The molecule has 144 valence electrons. The molecular weight excluding hydrogens is 359 g/mol. The number of fused-ring (bicyclic) bond motifs is 3. The molecule has 0 aliphatic carbocycles. The van der Waals surface area contributed by atoms with Crippen LogP contribution in [-0.2, 0) is 12.8 Å². The number of hydrogen-bond donors (Lipinski definition) is 0. The van der Waals surface area contributed by atoms with E-state index in [1.165, 1.54) is 27.9 Å². The van der Waals surface area contributed by atoms with E-state index in [1.54, 1.807) is 12.1 Å². The molecule has 0 atom stereocenters. The van der Waals surface area contributed by atoms with Crippen LogP contribution in [0.5, 0.6) is 0 Å². The Labute approximate surface area is 170 Å². The predicted molar refractivity (Wildman–Crippen MR) is 118 cm³/mol. The van der Waals surface area contributed by atoms with Crippen molar-refractivity contribution in [3.63, 3.8) is 0 Å². The number of halogens is 1. The Kier molecular flexibility index (Phi) is 4.31. The van der Waals surface area contributed by atoms with Crippen molar-refractivity contribution < 1.29 is 4.39 Å². The van der Waals surface area contributed by atoms with Crippen LogP contribution in [0.2, 0.25) is 0 Å². The lowest BCUT2D eigenvalue weighted by Gasteiger charge is -2.23. The number of benzene rings is 3. The largest absolute Gasteiger partial charge is 0.340 e. The summed E-state index contributed by atoms with van der Waals surface area (Å²) in [6.07, 6.45) is 1.69. The summed E-state index contributed by atoms with van der Waals surface area (Å²) in [7, 11) is 0. The number of para-hydroxylation sites is 2. The standard InChI is InChI=1S/C26H23FN2/c1-17-7-3-6-10-25(17)29-14-13-22-24(16-19-11-12-20(27)15-18(19)2)28-23-9-5-4-8-21(23)26(22)29/h3-12,15H,13-14,16H2,1-2H3. The fourth-order valence-electron chi connectivity index (χ4n) is 4.48. The van der Waals surface area contributed by atoms with Crippen LogP contribution in [0, 0.1) is 19.7 Å². The first-order chi connectivity index (χ1) is 14.1. The Morgan fingerprint density at radius 3 is 2.55 bits per heavy atom. The van der Waals surface area contributed by atoms with Crippen molar-refractivity contribution in [3.05, 3.63) is 100 Å². The number of rotatable bonds is 3. The first-order valence-electron chi connectivity index (χ1n) is 10.1. The summed E-state index contributed by atoms with van der Waals surface area (Å²) in [5.41, 5.74) is 9.35. The first-order valence-corrected chi connectivity index (χ1v) is 10.1. The summed E-state index contributed by atoms with van der Waals surface area (Å²) in [6.45, 7) is 5.09. The van der Waals surface area contributed by atoms with Crippen molar-refractivity contribution in [1.82, 2.24) is 4.98 Å². The molecule has 0 saturated carbocycles. The van der Waals surface area contributed by atoms with Crippen LogP contribution in [0.1, 0.15) is 27.9 Å². The van der Waals surface area contributed by atoms with Gasteiger partial charge in [0, 0.05) is 29.6 Å². The summed E-state index contributed by atoms with van der Waals surface area (Å²) < 4.78 is 13.6. The minimum absolute atomic E-state index is 0.186. The number of anilines is 2. The molecule has 3 heteroatoms. The zero-order valence-electron chi connectivity index (χ0n) is 16.7. The zero-order chi connectivity index (χ0) is 20.0. The molecule has 0 radical (unpaired) electrons. The molecule has 2 heterocycles. The van der Waals surface area contributed by atoms with Gasteiger partial charge in [0.1, 0.15) is 5.82 Å². The number of pyridine rings is 1. The monoisotopic (exact) mass is 382 g/mol. The number of aromatic nitrogens is 1. The average Bonchev–Trinajstić information content (AvgIpc) is 3.16. The van der Waals surface area contributed by atoms with Crippen molar-refractivity contribution in [2.24, 2.45) is 0 Å². The molecule has 1 aromatic heterocycles. The van der Waals surface area contributed by atoms with Gasteiger partial charge in [0.2, 0.25) is 0 Å². The average molecular weight is 382 g/mol. The van der Waals surface area contributed by atoms with E-state index < -0.39 is 0 Å². The summed E-state index contributed by atoms with van der Waals surface area (Å²) in [5, 5.41) is 1.20. The maximum absolute atomic E-state index is 13.6. The molecule has 1 aliphatic rings. The molecule has 0 N–H and O–H groups in total. The minimum Gasteiger partial charge on any atom is -0.340 e. The molecule has 0 unspecified atom stereocenters. The Morgan fingerprint density at radius 1 is 0.931 bits per heavy atom. The van der Waals surface area contributed by atoms with Crippen molar-refractivity contribution in [1.29, 1.82) is 0 Å². The third-order valence-electron chi connectivity index (χ3n) is 5.97. The highest BCUT2D eigenvalue weighted by atomic mass is 19.1. The Balaban J connectivity index is 1.69. The van der Waals surface area contributed by atoms with E-state index in [0.717, 1.165) is 41.7 Å². The summed E-state index contributed by atoms with van der Waals surface area (Å²) >= 11 is 0. The van der Waals surface area contributed by atoms with E-state index in [4.69, 9.17) is 4.98 Å². The van der Waals surface area contributed by atoms with Gasteiger partial charge in [-0.25, -0.2) is 4.39 Å². The first kappa shape index (κ1) is 17.9. The van der Waals surface area contributed by atoms with Crippen molar-refractivity contribution >= 4 is 22.3 Å². The molecule has 0 fully saturated rings. The van der Waals surface area contributed by atoms with E-state index >= 15 is 0 Å². The zero-order valence-corrected chi connectivity index (χ0v) is 16.7. The smallest absolute Gasteiger partial charge is 0.123 e. The lowest BCUT2D eigenvalue weighted by molar-refractivity contribution is 0.625. The van der Waals surface area contributed by atoms with Crippen molar-refractivity contribution in [2.75, 3.05) is 11.4 Å². The molecule has 0 spiro atoms. The van der Waals surface area contributed by atoms with E-state index in [0.29, 0.717) is 0 Å². The molecule has 4 aromatic rings. The van der Waals surface area contributed by atoms with Crippen LogP contribution in [0.4, 0.5) is 15.8 Å². The molecule has 0 saturated heterocycles. The molecule has 1 aliphatic heterocycles. The summed E-state index contributed by atoms with van der Waals surface area (Å²) in [6, 6.07) is 22.0. The van der Waals surface area contributed by atoms with Gasteiger partial charge in [-0.2, -0.15) is 0 Å². The lowest BCUT2D eigenvalue weighted by atomic mass is 9.98. The highest BCUT2D eigenvalue weighted by Crippen LogP contribution is 2.42. The second-order valence-electron chi connectivity index (χ2n) is 7.84. The second kappa shape index (κ2) is 7.00. The highest BCUT2D eigenvalue weighted by Gasteiger charge is 2.27. The second-order valence-corrected chi connectivity index (χ2v) is 7.84. The molecule has 0 amide bonds. The topological polar surface area (TPSA) is 16.1 Å². The van der Waals surface area contributed by atoms with E-state index in [9.17, 15) is 4.39 Å². The Bertz CT molecular complexity index is 1230. The van der Waals surface area contributed by atoms with Gasteiger partial charge in [-0.3, -0.25) is 4.98 Å². The van der Waals surface area contributed by atoms with Gasteiger partial charge in [0.25, 0.3) is 0 Å². The Hall–Kier alpha value is -3.20. The molecule has 3 aromatic carbocycles. The van der Waals surface area contributed by atoms with Crippen molar-refractivity contribution in [2.45, 2.75) is 26.7 Å². The number of aryl methyl sites for hydroxylation is 2. The fourth-order valence-corrected chi connectivity index (χ4v) is 4.48. The van der Waals surface area contributed by atoms with Crippen LogP contribution in [-0.4, -0.2) is 11.5 Å². The van der Waals surface area contributed by atoms with Crippen LogP contribution in [0.25, 0.3) is 10.9 Å². The van der Waals surface area contributed by atoms with Crippen molar-refractivity contribution in [3.8, 4) is 0 Å². The summed E-state index contributed by atoms with van der Waals surface area (Å²) in [4.78, 5) is 7.48. The van der Waals surface area contributed by atoms with Gasteiger partial charge in [-0.15, -0.1) is 0 Å². The lowest BCUT2D eigenvalue weighted by Crippen LogP contribution is -2.14. The van der Waals surface area contributed by atoms with E-state index in [1.807, 2.05) is 19.1 Å². The number of nitrogens with zero attached hydrogens (tertiary/aromatic N) is 2. The normalized spacial score (nSPS) is 13.1. The van der Waals surface area contributed by atoms with Crippen LogP contribution < -0.4 is 4.90 Å². The van der Waals surface area contributed by atoms with E-state index in [-0.39, 0.29) is 5.82 Å². The van der Waals surface area contributed by atoms with Gasteiger partial charge in [-0.1, -0.05) is 42.5 Å². The number of hydrogen-bond acceptors (Lipinski definition) is 2. The molecule has 29 heavy (non-hydrogen) atoms. The molecule has 2 nitrogen and oxygen atoms in total. The third-order valence-corrected chi connectivity index (χ3v) is 5.97. The maximum Gasteiger partial charge on any atom is 0.123 e. The van der Waals surface area contributed by atoms with Crippen LogP contribution in [0.15, 0.2) is 66.7 Å². The molecular formula is C26H23FN2. The van der Waals surface area contributed by atoms with Gasteiger partial charge >= 0.3 is 0 Å². The highest BCUT2D eigenvalue weighted by molar-refractivity contribution is 5.97. The quantitative estimate of drug-likeness (QED) is 0.415. The van der Waals surface area contributed by atoms with Crippen LogP contribution in [0.3, 0.4) is 0 Å². The minimum atomic E-state index is -0.186. The molecule has 5 rings (SSSR count). The fraction of sp³-hybridized carbons (Fsp3) is 0.192. The van der Waals surface area contributed by atoms with Gasteiger partial charge in [-0.05, 0) is 61.2 Å². The van der Waals surface area contributed by atoms with E-state index in [2.05, 4.69) is 54.3 Å². The predicted octanol–water partition coefficient (Wildman–Crippen LogP) is 6.28. The van der Waals surface area contributed by atoms with Crippen LogP contribution >= 0.6 is 0 Å². The van der Waals surface area contributed by atoms with Gasteiger partial charge in [0.15, 0.2) is 0 Å². The van der Waals surface area contributed by atoms with Gasteiger partial charge < -0.3 is 4.90 Å². The third kappa shape index (κ3) is 3.07.